The molecule has 3 aromatic carbocycles. The van der Waals surface area contributed by atoms with Crippen LogP contribution in [-0.2, 0) is 14.3 Å². The Bertz CT molecular complexity index is 1600. The van der Waals surface area contributed by atoms with E-state index < -0.39 is 16.9 Å². The zero-order valence-corrected chi connectivity index (χ0v) is 23.2. The quantitative estimate of drug-likeness (QED) is 0.330. The van der Waals surface area contributed by atoms with Gasteiger partial charge in [-0.15, -0.1) is 11.8 Å². The monoisotopic (exact) mass is 574 g/mol. The lowest BCUT2D eigenvalue weighted by atomic mass is 9.99. The van der Waals surface area contributed by atoms with Gasteiger partial charge >= 0.3 is 0 Å². The Morgan fingerprint density at radius 2 is 1.80 bits per heavy atom. The molecule has 7 nitrogen and oxygen atoms in total. The van der Waals surface area contributed by atoms with E-state index in [1.165, 1.54) is 28.8 Å². The van der Waals surface area contributed by atoms with Crippen LogP contribution in [0.15, 0.2) is 72.8 Å². The van der Waals surface area contributed by atoms with Crippen molar-refractivity contribution in [1.29, 1.82) is 0 Å². The minimum atomic E-state index is -0.707. The predicted octanol–water partition coefficient (Wildman–Crippen LogP) is 5.15. The number of carbonyl (C=O) groups excluding carboxylic acids is 2. The van der Waals surface area contributed by atoms with Crippen LogP contribution in [0, 0.1) is 18.6 Å². The number of aryl methyl sites for hydroxylation is 1. The van der Waals surface area contributed by atoms with Crippen LogP contribution in [0.1, 0.15) is 21.9 Å². The van der Waals surface area contributed by atoms with Crippen molar-refractivity contribution in [2.24, 2.45) is 0 Å². The first-order chi connectivity index (χ1) is 19.9. The van der Waals surface area contributed by atoms with Crippen LogP contribution >= 0.6 is 11.8 Å². The van der Waals surface area contributed by atoms with Crippen molar-refractivity contribution in [3.8, 4) is 16.9 Å². The molecule has 0 aliphatic carbocycles. The summed E-state index contributed by atoms with van der Waals surface area (Å²) in [5.41, 5.74) is 3.85. The first-order valence-corrected chi connectivity index (χ1v) is 14.4. The lowest BCUT2D eigenvalue weighted by Crippen LogP contribution is -2.48. The number of benzene rings is 3. The summed E-state index contributed by atoms with van der Waals surface area (Å²) in [4.78, 5) is 30.5. The lowest BCUT2D eigenvalue weighted by molar-refractivity contribution is -0.134. The summed E-state index contributed by atoms with van der Waals surface area (Å²) in [7, 11) is 0. The van der Waals surface area contributed by atoms with Crippen LogP contribution in [0.2, 0.25) is 0 Å². The van der Waals surface area contributed by atoms with Gasteiger partial charge < -0.3 is 9.64 Å². The van der Waals surface area contributed by atoms with E-state index in [1.807, 2.05) is 61.5 Å². The fourth-order valence-electron chi connectivity index (χ4n) is 5.28. The highest BCUT2D eigenvalue weighted by Crippen LogP contribution is 2.49. The summed E-state index contributed by atoms with van der Waals surface area (Å²) in [6.45, 7) is 3.52. The number of hydrogen-bond acceptors (Lipinski definition) is 5. The van der Waals surface area contributed by atoms with E-state index in [0.717, 1.165) is 17.2 Å². The summed E-state index contributed by atoms with van der Waals surface area (Å²) in [5, 5.41) is 4.32. The number of anilines is 1. The number of ether oxygens (including phenoxy) is 1. The van der Waals surface area contributed by atoms with Crippen molar-refractivity contribution in [3.05, 3.63) is 101 Å². The topological polar surface area (TPSA) is 67.7 Å². The Hall–Kier alpha value is -4.02. The number of carbonyl (C=O) groups is 2. The minimum absolute atomic E-state index is 0.00536. The summed E-state index contributed by atoms with van der Waals surface area (Å²) in [6, 6.07) is 20.7. The maximum Gasteiger partial charge on any atom is 0.242 e. The maximum atomic E-state index is 15.4. The standard InChI is InChI=1S/C31H28F2N4O3S/c1-20-6-5-9-23(16-20)37-31-28(29(34-37)21-7-3-2-4-8-21)30(24-11-10-22(32)17-25(24)33)41-19-27(39)36(31)18-26(38)35-12-14-40-15-13-35/h2-11,16-17,30H,12-15,18-19H2,1H3/t30-/m1/s1. The van der Waals surface area contributed by atoms with Crippen molar-refractivity contribution < 1.29 is 23.1 Å². The van der Waals surface area contributed by atoms with Gasteiger partial charge in [-0.2, -0.15) is 5.10 Å². The van der Waals surface area contributed by atoms with Crippen molar-refractivity contribution >= 4 is 29.4 Å². The molecular formula is C31H28F2N4O3S. The molecule has 0 saturated carbocycles. The molecule has 0 radical (unpaired) electrons. The Balaban J connectivity index is 1.60. The van der Waals surface area contributed by atoms with Gasteiger partial charge in [0.05, 0.1) is 35.6 Å². The first kappa shape index (κ1) is 27.2. The second kappa shape index (κ2) is 11.5. The van der Waals surface area contributed by atoms with E-state index in [4.69, 9.17) is 9.84 Å². The first-order valence-electron chi connectivity index (χ1n) is 13.4. The highest BCUT2D eigenvalue weighted by molar-refractivity contribution is 8.00. The van der Waals surface area contributed by atoms with E-state index in [0.29, 0.717) is 49.1 Å². The molecule has 10 heteroatoms. The second-order valence-corrected chi connectivity index (χ2v) is 11.1. The number of morpholine rings is 1. The van der Waals surface area contributed by atoms with Gasteiger partial charge in [0, 0.05) is 35.8 Å². The Kier molecular flexibility index (Phi) is 7.59. The largest absolute Gasteiger partial charge is 0.378 e. The van der Waals surface area contributed by atoms with Crippen molar-refractivity contribution in [1.82, 2.24) is 14.7 Å². The Labute approximate surface area is 240 Å². The molecule has 6 rings (SSSR count). The molecule has 4 aromatic rings. The molecule has 0 N–H and O–H groups in total. The van der Waals surface area contributed by atoms with Gasteiger partial charge in [0.15, 0.2) is 0 Å². The fraction of sp³-hybridized carbons (Fsp3) is 0.258. The van der Waals surface area contributed by atoms with E-state index in [-0.39, 0.29) is 29.7 Å². The molecule has 1 atom stereocenters. The molecule has 2 amide bonds. The maximum absolute atomic E-state index is 15.4. The molecule has 2 aliphatic heterocycles. The Morgan fingerprint density at radius 3 is 2.54 bits per heavy atom. The summed E-state index contributed by atoms with van der Waals surface area (Å²) in [6.07, 6.45) is 0. The molecule has 3 heterocycles. The van der Waals surface area contributed by atoms with Crippen LogP contribution in [0.3, 0.4) is 0 Å². The molecule has 1 aromatic heterocycles. The molecule has 1 fully saturated rings. The molecule has 41 heavy (non-hydrogen) atoms. The van der Waals surface area contributed by atoms with Crippen LogP contribution in [0.5, 0.6) is 0 Å². The van der Waals surface area contributed by atoms with Gasteiger partial charge in [0.2, 0.25) is 11.8 Å². The number of halogens is 2. The van der Waals surface area contributed by atoms with Crippen LogP contribution in [0.4, 0.5) is 14.6 Å². The SMILES string of the molecule is Cc1cccc(-n2nc(-c3ccccc3)c3c2N(CC(=O)N2CCOCC2)C(=O)CS[C@@H]3c2ccc(F)cc2F)c1. The van der Waals surface area contributed by atoms with Crippen LogP contribution < -0.4 is 4.90 Å². The second-order valence-electron chi connectivity index (χ2n) is 10.0. The summed E-state index contributed by atoms with van der Waals surface area (Å²) < 4.78 is 36.4. The number of nitrogens with zero attached hydrogens (tertiary/aromatic N) is 4. The zero-order valence-electron chi connectivity index (χ0n) is 22.4. The molecular weight excluding hydrogens is 546 g/mol. The van der Waals surface area contributed by atoms with E-state index in [9.17, 15) is 14.0 Å². The summed E-state index contributed by atoms with van der Waals surface area (Å²) in [5.74, 6) is -1.49. The number of hydrogen-bond donors (Lipinski definition) is 0. The zero-order chi connectivity index (χ0) is 28.5. The van der Waals surface area contributed by atoms with E-state index in [2.05, 4.69) is 0 Å². The van der Waals surface area contributed by atoms with Crippen molar-refractivity contribution in [2.75, 3.05) is 43.5 Å². The molecule has 1 saturated heterocycles. The number of fused-ring (bicyclic) bond motifs is 1. The van der Waals surface area contributed by atoms with Gasteiger partial charge in [0.1, 0.15) is 24.0 Å². The minimum Gasteiger partial charge on any atom is -0.378 e. The Morgan fingerprint density at radius 1 is 1.02 bits per heavy atom. The average Bonchev–Trinajstić information content (AvgIpc) is 3.31. The normalized spacial score (nSPS) is 17.3. The molecule has 210 valence electrons. The van der Waals surface area contributed by atoms with E-state index in [1.54, 1.807) is 9.58 Å². The number of rotatable bonds is 5. The highest BCUT2D eigenvalue weighted by atomic mass is 32.2. The third-order valence-corrected chi connectivity index (χ3v) is 8.52. The summed E-state index contributed by atoms with van der Waals surface area (Å²) >= 11 is 1.24. The van der Waals surface area contributed by atoms with Gasteiger partial charge in [-0.3, -0.25) is 14.5 Å². The lowest BCUT2D eigenvalue weighted by Gasteiger charge is -2.30. The molecule has 0 bridgehead atoms. The molecule has 0 unspecified atom stereocenters. The smallest absolute Gasteiger partial charge is 0.242 e. The van der Waals surface area contributed by atoms with Gasteiger partial charge in [-0.1, -0.05) is 48.5 Å². The third kappa shape index (κ3) is 5.37. The van der Waals surface area contributed by atoms with Crippen molar-refractivity contribution in [2.45, 2.75) is 12.2 Å². The van der Waals surface area contributed by atoms with Gasteiger partial charge in [0.25, 0.3) is 0 Å². The number of thioether (sulfide) groups is 1. The van der Waals surface area contributed by atoms with Gasteiger partial charge in [-0.05, 0) is 30.7 Å². The van der Waals surface area contributed by atoms with E-state index >= 15 is 4.39 Å². The van der Waals surface area contributed by atoms with Crippen LogP contribution in [0.25, 0.3) is 16.9 Å². The molecule has 0 spiro atoms. The number of aromatic nitrogens is 2. The van der Waals surface area contributed by atoms with Crippen LogP contribution in [-0.4, -0.2) is 65.1 Å². The third-order valence-electron chi connectivity index (χ3n) is 7.28. The predicted molar refractivity (Wildman–Crippen MR) is 154 cm³/mol. The molecule has 2 aliphatic rings. The fourth-order valence-corrected chi connectivity index (χ4v) is 6.50. The number of amides is 2. The highest BCUT2D eigenvalue weighted by Gasteiger charge is 2.39. The average molecular weight is 575 g/mol. The van der Waals surface area contributed by atoms with Gasteiger partial charge in [-0.25, -0.2) is 13.5 Å². The van der Waals surface area contributed by atoms with Crippen molar-refractivity contribution in [3.63, 3.8) is 0 Å².